The van der Waals surface area contributed by atoms with Gasteiger partial charge < -0.3 is 9.84 Å². The van der Waals surface area contributed by atoms with Crippen LogP contribution in [0.15, 0.2) is 36.5 Å². The molecule has 0 spiro atoms. The summed E-state index contributed by atoms with van der Waals surface area (Å²) in [4.78, 5) is 15.9. The zero-order chi connectivity index (χ0) is 16.3. The van der Waals surface area contributed by atoms with Gasteiger partial charge in [0.15, 0.2) is 0 Å². The number of methoxy groups -OCH3 is 1. The fourth-order valence-corrected chi connectivity index (χ4v) is 2.14. The highest BCUT2D eigenvalue weighted by atomic mass is 16.5. The molecule has 0 bridgehead atoms. The smallest absolute Gasteiger partial charge is 0.315 e. The summed E-state index contributed by atoms with van der Waals surface area (Å²) in [6.45, 7) is 5.31. The fraction of sp³-hybridized carbons (Fsp3) is 0.333. The van der Waals surface area contributed by atoms with E-state index in [0.717, 1.165) is 16.3 Å². The number of aliphatic hydroxyl groups is 1. The van der Waals surface area contributed by atoms with Gasteiger partial charge in [0.05, 0.1) is 24.3 Å². The number of fused-ring (bicyclic) bond motifs is 1. The molecule has 1 heterocycles. The number of nitrogens with zero attached hydrogens (tertiary/aromatic N) is 1. The van der Waals surface area contributed by atoms with Gasteiger partial charge >= 0.3 is 5.97 Å². The molecule has 0 aliphatic rings. The third-order valence-electron chi connectivity index (χ3n) is 3.60. The Morgan fingerprint density at radius 1 is 1.32 bits per heavy atom. The highest BCUT2D eigenvalue weighted by Gasteiger charge is 2.24. The van der Waals surface area contributed by atoms with E-state index >= 15 is 0 Å². The van der Waals surface area contributed by atoms with Crippen LogP contribution in [0.25, 0.3) is 16.8 Å². The van der Waals surface area contributed by atoms with Crippen LogP contribution in [-0.4, -0.2) is 23.2 Å². The molecule has 2 rings (SSSR count). The number of carbonyl (C=O) groups excluding carboxylic acids is 1. The van der Waals surface area contributed by atoms with Crippen LogP contribution in [0.1, 0.15) is 38.1 Å². The highest BCUT2D eigenvalue weighted by molar-refractivity contribution is 5.85. The summed E-state index contributed by atoms with van der Waals surface area (Å²) in [5, 5.41) is 11.6. The van der Waals surface area contributed by atoms with Gasteiger partial charge in [-0.05, 0) is 43.9 Å². The Labute approximate surface area is 130 Å². The summed E-state index contributed by atoms with van der Waals surface area (Å²) in [5.41, 5.74) is 0.947. The molecule has 1 atom stereocenters. The molecule has 0 fully saturated rings. The topological polar surface area (TPSA) is 59.4 Å². The van der Waals surface area contributed by atoms with Crippen LogP contribution in [0.5, 0.6) is 0 Å². The molecule has 1 aromatic heterocycles. The SMILES string of the molecule is COC(=O)C(C)(C)C=Cc1ccc2cnc([C@@H](C)O)cc2c1. The Morgan fingerprint density at radius 2 is 2.05 bits per heavy atom. The quantitative estimate of drug-likeness (QED) is 0.878. The van der Waals surface area contributed by atoms with E-state index in [-0.39, 0.29) is 5.97 Å². The Balaban J connectivity index is 2.34. The van der Waals surface area contributed by atoms with E-state index in [2.05, 4.69) is 4.98 Å². The first kappa shape index (κ1) is 16.2. The fourth-order valence-electron chi connectivity index (χ4n) is 2.14. The van der Waals surface area contributed by atoms with E-state index in [4.69, 9.17) is 4.74 Å². The lowest BCUT2D eigenvalue weighted by molar-refractivity contribution is -0.148. The summed E-state index contributed by atoms with van der Waals surface area (Å²) < 4.78 is 4.79. The van der Waals surface area contributed by atoms with Crippen molar-refractivity contribution < 1.29 is 14.6 Å². The maximum atomic E-state index is 11.7. The van der Waals surface area contributed by atoms with Crippen molar-refractivity contribution in [3.05, 3.63) is 47.8 Å². The van der Waals surface area contributed by atoms with E-state index in [1.165, 1.54) is 7.11 Å². The van der Waals surface area contributed by atoms with E-state index in [1.807, 2.05) is 50.3 Å². The number of carbonyl (C=O) groups is 1. The average molecular weight is 299 g/mol. The number of pyridine rings is 1. The number of esters is 1. The lowest BCUT2D eigenvalue weighted by Crippen LogP contribution is -2.22. The molecule has 0 radical (unpaired) electrons. The van der Waals surface area contributed by atoms with Crippen molar-refractivity contribution in [3.8, 4) is 0 Å². The van der Waals surface area contributed by atoms with Gasteiger partial charge in [-0.2, -0.15) is 0 Å². The average Bonchev–Trinajstić information content (AvgIpc) is 2.51. The molecule has 4 nitrogen and oxygen atoms in total. The van der Waals surface area contributed by atoms with Gasteiger partial charge in [-0.25, -0.2) is 0 Å². The molecule has 0 aliphatic heterocycles. The second-order valence-corrected chi connectivity index (χ2v) is 5.94. The Bertz CT molecular complexity index is 717. The largest absolute Gasteiger partial charge is 0.468 e. The van der Waals surface area contributed by atoms with Gasteiger partial charge in [0.25, 0.3) is 0 Å². The first-order chi connectivity index (χ1) is 10.3. The van der Waals surface area contributed by atoms with Crippen LogP contribution in [0.2, 0.25) is 0 Å². The molecule has 2 aromatic rings. The lowest BCUT2D eigenvalue weighted by Gasteiger charge is -2.16. The summed E-state index contributed by atoms with van der Waals surface area (Å²) >= 11 is 0. The predicted molar refractivity (Wildman–Crippen MR) is 87.2 cm³/mol. The molecular weight excluding hydrogens is 278 g/mol. The minimum atomic E-state index is -0.674. The molecule has 0 saturated carbocycles. The Hall–Kier alpha value is -2.20. The van der Waals surface area contributed by atoms with E-state index in [1.54, 1.807) is 13.1 Å². The van der Waals surface area contributed by atoms with Gasteiger partial charge in [-0.1, -0.05) is 24.3 Å². The van der Waals surface area contributed by atoms with E-state index < -0.39 is 11.5 Å². The van der Waals surface area contributed by atoms with Gasteiger partial charge in [0.2, 0.25) is 0 Å². The lowest BCUT2D eigenvalue weighted by atomic mass is 9.92. The number of rotatable bonds is 4. The molecule has 0 unspecified atom stereocenters. The van der Waals surface area contributed by atoms with E-state index in [9.17, 15) is 9.90 Å². The second kappa shape index (κ2) is 6.28. The molecule has 1 N–H and O–H groups in total. The standard InChI is InChI=1S/C18H21NO3/c1-12(20)16-10-15-9-13(5-6-14(15)11-19-16)7-8-18(2,3)17(21)22-4/h5-12,20H,1-4H3/t12-/m1/s1. The third kappa shape index (κ3) is 3.52. The van der Waals surface area contributed by atoms with Crippen LogP contribution in [0, 0.1) is 5.41 Å². The minimum absolute atomic E-state index is 0.273. The van der Waals surface area contributed by atoms with Gasteiger partial charge in [0, 0.05) is 11.6 Å². The monoisotopic (exact) mass is 299 g/mol. The normalized spacial score (nSPS) is 13.5. The third-order valence-corrected chi connectivity index (χ3v) is 3.60. The van der Waals surface area contributed by atoms with Crippen LogP contribution in [0.4, 0.5) is 0 Å². The van der Waals surface area contributed by atoms with Crippen molar-refractivity contribution in [2.75, 3.05) is 7.11 Å². The summed E-state index contributed by atoms with van der Waals surface area (Å²) in [7, 11) is 1.39. The summed E-state index contributed by atoms with van der Waals surface area (Å²) in [6.07, 6.45) is 4.89. The van der Waals surface area contributed by atoms with Crippen molar-refractivity contribution in [1.82, 2.24) is 4.98 Å². The Kier molecular flexibility index (Phi) is 4.62. The molecule has 0 amide bonds. The van der Waals surface area contributed by atoms with Crippen LogP contribution in [0.3, 0.4) is 0 Å². The molecule has 4 heteroatoms. The van der Waals surface area contributed by atoms with Crippen molar-refractivity contribution >= 4 is 22.8 Å². The summed E-state index contributed by atoms with van der Waals surface area (Å²) in [5.74, 6) is -0.273. The number of ether oxygens (including phenoxy) is 1. The zero-order valence-electron chi connectivity index (χ0n) is 13.3. The molecule has 22 heavy (non-hydrogen) atoms. The second-order valence-electron chi connectivity index (χ2n) is 5.94. The van der Waals surface area contributed by atoms with Gasteiger partial charge in [-0.15, -0.1) is 0 Å². The summed E-state index contributed by atoms with van der Waals surface area (Å²) in [6, 6.07) is 7.82. The number of benzene rings is 1. The van der Waals surface area contributed by atoms with Crippen molar-refractivity contribution in [3.63, 3.8) is 0 Å². The molecule has 0 saturated heterocycles. The highest BCUT2D eigenvalue weighted by Crippen LogP contribution is 2.23. The number of aliphatic hydroxyl groups excluding tert-OH is 1. The van der Waals surface area contributed by atoms with Crippen LogP contribution < -0.4 is 0 Å². The van der Waals surface area contributed by atoms with Crippen LogP contribution in [-0.2, 0) is 9.53 Å². The predicted octanol–water partition coefficient (Wildman–Crippen LogP) is 3.50. The molecule has 116 valence electrons. The maximum absolute atomic E-state index is 11.7. The zero-order valence-corrected chi connectivity index (χ0v) is 13.3. The van der Waals surface area contributed by atoms with E-state index in [0.29, 0.717) is 5.69 Å². The first-order valence-electron chi connectivity index (χ1n) is 7.19. The van der Waals surface area contributed by atoms with Crippen LogP contribution >= 0.6 is 0 Å². The first-order valence-corrected chi connectivity index (χ1v) is 7.19. The van der Waals surface area contributed by atoms with Gasteiger partial charge in [-0.3, -0.25) is 9.78 Å². The number of hydrogen-bond acceptors (Lipinski definition) is 4. The molecular formula is C18H21NO3. The van der Waals surface area contributed by atoms with Crippen molar-refractivity contribution in [1.29, 1.82) is 0 Å². The van der Waals surface area contributed by atoms with Gasteiger partial charge in [0.1, 0.15) is 0 Å². The maximum Gasteiger partial charge on any atom is 0.315 e. The van der Waals surface area contributed by atoms with Crippen molar-refractivity contribution in [2.45, 2.75) is 26.9 Å². The number of hydrogen-bond donors (Lipinski definition) is 1. The molecule has 0 aliphatic carbocycles. The van der Waals surface area contributed by atoms with Crippen molar-refractivity contribution in [2.24, 2.45) is 5.41 Å². The minimum Gasteiger partial charge on any atom is -0.468 e. The number of aromatic nitrogens is 1. The molecule has 1 aromatic carbocycles. The Morgan fingerprint density at radius 3 is 2.68 bits per heavy atom.